The standard InChI is InChI=1S/C22H30N4O4.C2H2O4/c1-4-30-21(28)18(11-10-17-8-6-5-7-9-17)25-12-14-26(15-13-25)19-16-20(27)24(3)22(29)23(19)2;3-1(4)2(5)6/h5-9,16,18H,4,10-15H2,1-3H3;(H,3,4)(H,5,6). The molecule has 0 radical (unpaired) electrons. The van der Waals surface area contributed by atoms with Crippen molar-refractivity contribution in [2.24, 2.45) is 14.1 Å². The molecule has 0 aliphatic carbocycles. The number of anilines is 1. The van der Waals surface area contributed by atoms with Crippen molar-refractivity contribution in [3.8, 4) is 0 Å². The first kappa shape index (κ1) is 28.3. The second-order valence-corrected chi connectivity index (χ2v) is 8.17. The van der Waals surface area contributed by atoms with Crippen molar-refractivity contribution >= 4 is 23.7 Å². The zero-order chi connectivity index (χ0) is 26.8. The van der Waals surface area contributed by atoms with Gasteiger partial charge in [0.2, 0.25) is 0 Å². The minimum absolute atomic E-state index is 0.192. The highest BCUT2D eigenvalue weighted by atomic mass is 16.5. The normalized spacial score (nSPS) is 14.4. The lowest BCUT2D eigenvalue weighted by Crippen LogP contribution is -2.54. The van der Waals surface area contributed by atoms with Gasteiger partial charge in [0.25, 0.3) is 5.56 Å². The Labute approximate surface area is 207 Å². The highest BCUT2D eigenvalue weighted by Crippen LogP contribution is 2.18. The Balaban J connectivity index is 0.000000678. The summed E-state index contributed by atoms with van der Waals surface area (Å²) in [4.78, 5) is 59.3. The second kappa shape index (κ2) is 13.2. The number of carboxylic acids is 2. The maximum atomic E-state index is 12.6. The molecule has 1 aromatic carbocycles. The van der Waals surface area contributed by atoms with Crippen molar-refractivity contribution in [3.05, 3.63) is 62.8 Å². The number of carbonyl (C=O) groups excluding carboxylic acids is 1. The molecule has 1 aliphatic rings. The number of carbonyl (C=O) groups is 3. The molecule has 0 bridgehead atoms. The van der Waals surface area contributed by atoms with E-state index in [1.165, 1.54) is 23.2 Å². The van der Waals surface area contributed by atoms with Gasteiger partial charge in [0.15, 0.2) is 0 Å². The average Bonchev–Trinajstić information content (AvgIpc) is 2.86. The second-order valence-electron chi connectivity index (χ2n) is 8.17. The summed E-state index contributed by atoms with van der Waals surface area (Å²) in [6.07, 6.45) is 1.49. The lowest BCUT2D eigenvalue weighted by Gasteiger charge is -2.39. The highest BCUT2D eigenvalue weighted by molar-refractivity contribution is 6.27. The van der Waals surface area contributed by atoms with Crippen LogP contribution in [0.15, 0.2) is 46.0 Å². The van der Waals surface area contributed by atoms with Crippen LogP contribution in [-0.2, 0) is 39.6 Å². The third-order valence-electron chi connectivity index (χ3n) is 5.87. The van der Waals surface area contributed by atoms with E-state index in [4.69, 9.17) is 24.5 Å². The lowest BCUT2D eigenvalue weighted by molar-refractivity contribution is -0.159. The number of ether oxygens (including phenoxy) is 1. The van der Waals surface area contributed by atoms with E-state index in [9.17, 15) is 14.4 Å². The molecule has 1 fully saturated rings. The van der Waals surface area contributed by atoms with Crippen LogP contribution in [0.5, 0.6) is 0 Å². The molecule has 12 nitrogen and oxygen atoms in total. The Morgan fingerprint density at radius 3 is 2.06 bits per heavy atom. The number of piperazine rings is 1. The molecule has 2 aromatic rings. The zero-order valence-electron chi connectivity index (χ0n) is 20.6. The molecule has 1 atom stereocenters. The van der Waals surface area contributed by atoms with E-state index in [1.54, 1.807) is 7.05 Å². The molecular formula is C24H32N4O8. The maximum Gasteiger partial charge on any atom is 0.414 e. The minimum atomic E-state index is -1.82. The number of hydrogen-bond acceptors (Lipinski definition) is 8. The molecule has 2 heterocycles. The van der Waals surface area contributed by atoms with Crippen LogP contribution >= 0.6 is 0 Å². The first-order chi connectivity index (χ1) is 17.1. The molecule has 0 amide bonds. The number of esters is 1. The van der Waals surface area contributed by atoms with Gasteiger partial charge >= 0.3 is 23.6 Å². The number of rotatable bonds is 7. The van der Waals surface area contributed by atoms with Crippen LogP contribution in [0, 0.1) is 0 Å². The molecule has 36 heavy (non-hydrogen) atoms. The number of aliphatic carboxylic acids is 2. The molecule has 0 spiro atoms. The van der Waals surface area contributed by atoms with Gasteiger partial charge in [0, 0.05) is 46.3 Å². The molecule has 0 saturated carbocycles. The third kappa shape index (κ3) is 7.54. The lowest BCUT2D eigenvalue weighted by atomic mass is 10.0. The Bertz CT molecular complexity index is 1150. The van der Waals surface area contributed by atoms with Crippen molar-refractivity contribution in [3.63, 3.8) is 0 Å². The van der Waals surface area contributed by atoms with Crippen LogP contribution in [0.3, 0.4) is 0 Å². The number of carboxylic acid groups (broad SMARTS) is 2. The summed E-state index contributed by atoms with van der Waals surface area (Å²) >= 11 is 0. The van der Waals surface area contributed by atoms with E-state index >= 15 is 0 Å². The van der Waals surface area contributed by atoms with Crippen LogP contribution < -0.4 is 16.1 Å². The minimum Gasteiger partial charge on any atom is -0.473 e. The van der Waals surface area contributed by atoms with Gasteiger partial charge in [0.1, 0.15) is 11.9 Å². The van der Waals surface area contributed by atoms with Gasteiger partial charge < -0.3 is 19.8 Å². The van der Waals surface area contributed by atoms with Gasteiger partial charge in [0.05, 0.1) is 6.61 Å². The fourth-order valence-corrected chi connectivity index (χ4v) is 3.92. The van der Waals surface area contributed by atoms with Crippen LogP contribution in [0.4, 0.5) is 5.82 Å². The van der Waals surface area contributed by atoms with Gasteiger partial charge in [-0.15, -0.1) is 0 Å². The van der Waals surface area contributed by atoms with E-state index in [-0.39, 0.29) is 23.3 Å². The predicted octanol–water partition coefficient (Wildman–Crippen LogP) is -0.0739. The van der Waals surface area contributed by atoms with Gasteiger partial charge in [-0.25, -0.2) is 14.4 Å². The van der Waals surface area contributed by atoms with Crippen molar-refractivity contribution in [1.29, 1.82) is 0 Å². The van der Waals surface area contributed by atoms with E-state index in [2.05, 4.69) is 17.0 Å². The van der Waals surface area contributed by atoms with E-state index < -0.39 is 11.9 Å². The zero-order valence-corrected chi connectivity index (χ0v) is 20.6. The average molecular weight is 505 g/mol. The smallest absolute Gasteiger partial charge is 0.414 e. The summed E-state index contributed by atoms with van der Waals surface area (Å²) in [6, 6.07) is 11.3. The van der Waals surface area contributed by atoms with E-state index in [0.29, 0.717) is 45.0 Å². The third-order valence-corrected chi connectivity index (χ3v) is 5.87. The number of aromatic nitrogens is 2. The first-order valence-electron chi connectivity index (χ1n) is 11.5. The van der Waals surface area contributed by atoms with Crippen LogP contribution in [0.25, 0.3) is 0 Å². The predicted molar refractivity (Wildman–Crippen MR) is 131 cm³/mol. The highest BCUT2D eigenvalue weighted by Gasteiger charge is 2.30. The van der Waals surface area contributed by atoms with Gasteiger partial charge in [-0.3, -0.25) is 23.6 Å². The summed E-state index contributed by atoms with van der Waals surface area (Å²) in [5, 5.41) is 14.8. The fourth-order valence-electron chi connectivity index (χ4n) is 3.92. The molecule has 2 N–H and O–H groups in total. The summed E-state index contributed by atoms with van der Waals surface area (Å²) in [5.41, 5.74) is 0.538. The van der Waals surface area contributed by atoms with E-state index in [1.807, 2.05) is 30.0 Å². The summed E-state index contributed by atoms with van der Waals surface area (Å²) < 4.78 is 7.93. The van der Waals surface area contributed by atoms with Crippen LogP contribution in [0.1, 0.15) is 18.9 Å². The number of nitrogens with zero attached hydrogens (tertiary/aromatic N) is 4. The molecule has 12 heteroatoms. The van der Waals surface area contributed by atoms with Crippen LogP contribution in [-0.4, -0.2) is 81.0 Å². The first-order valence-corrected chi connectivity index (χ1v) is 11.5. The summed E-state index contributed by atoms with van der Waals surface area (Å²) in [5.74, 6) is -3.23. The summed E-state index contributed by atoms with van der Waals surface area (Å²) in [7, 11) is 3.15. The fraction of sp³-hybridized carbons (Fsp3) is 0.458. The van der Waals surface area contributed by atoms with E-state index in [0.717, 1.165) is 11.0 Å². The molecule has 1 saturated heterocycles. The van der Waals surface area contributed by atoms with Gasteiger partial charge in [-0.05, 0) is 25.3 Å². The van der Waals surface area contributed by atoms with Crippen molar-refractivity contribution in [2.75, 3.05) is 37.7 Å². The molecule has 1 aliphatic heterocycles. The van der Waals surface area contributed by atoms with Crippen molar-refractivity contribution in [2.45, 2.75) is 25.8 Å². The van der Waals surface area contributed by atoms with Crippen LogP contribution in [0.2, 0.25) is 0 Å². The van der Waals surface area contributed by atoms with Gasteiger partial charge in [-0.2, -0.15) is 0 Å². The number of aryl methyl sites for hydroxylation is 1. The van der Waals surface area contributed by atoms with Gasteiger partial charge in [-0.1, -0.05) is 30.3 Å². The molecule has 1 aromatic heterocycles. The molecule has 196 valence electrons. The Hall–Kier alpha value is -3.93. The Morgan fingerprint density at radius 2 is 1.53 bits per heavy atom. The Kier molecular flexibility index (Phi) is 10.4. The number of hydrogen-bond donors (Lipinski definition) is 2. The maximum absolute atomic E-state index is 12.6. The van der Waals surface area contributed by atoms with Crippen molar-refractivity contribution < 1.29 is 29.3 Å². The quantitative estimate of drug-likeness (QED) is 0.387. The molecule has 1 unspecified atom stereocenters. The molecule has 3 rings (SSSR count). The summed E-state index contributed by atoms with van der Waals surface area (Å²) in [6.45, 7) is 4.74. The van der Waals surface area contributed by atoms with Crippen molar-refractivity contribution in [1.82, 2.24) is 14.0 Å². The monoisotopic (exact) mass is 504 g/mol. The Morgan fingerprint density at radius 1 is 0.944 bits per heavy atom. The largest absolute Gasteiger partial charge is 0.473 e. The molecular weight excluding hydrogens is 472 g/mol. The number of benzene rings is 1. The topological polar surface area (TPSA) is 151 Å². The SMILES string of the molecule is CCOC(=O)C(CCc1ccccc1)N1CCN(c2cc(=O)n(C)c(=O)n2C)CC1.O=C(O)C(=O)O.